The van der Waals surface area contributed by atoms with Crippen molar-refractivity contribution in [1.29, 1.82) is 0 Å². The number of hydrogen-bond donors (Lipinski definition) is 1. The van der Waals surface area contributed by atoms with E-state index in [2.05, 4.69) is 4.72 Å². The number of methoxy groups -OCH3 is 1. The number of para-hydroxylation sites is 1. The van der Waals surface area contributed by atoms with Gasteiger partial charge in [-0.25, -0.2) is 21.2 Å². The lowest BCUT2D eigenvalue weighted by Gasteiger charge is -2.19. The van der Waals surface area contributed by atoms with Gasteiger partial charge in [-0.05, 0) is 54.6 Å². The normalized spacial score (nSPS) is 11.7. The fourth-order valence-corrected chi connectivity index (χ4v) is 4.92. The number of anilines is 2. The summed E-state index contributed by atoms with van der Waals surface area (Å²) >= 11 is 0. The van der Waals surface area contributed by atoms with Gasteiger partial charge in [-0.15, -0.1) is 0 Å². The number of ether oxygens (including phenoxy) is 1. The summed E-state index contributed by atoms with van der Waals surface area (Å²) in [5.41, 5.74) is 0.622. The second kappa shape index (κ2) is 8.33. The summed E-state index contributed by atoms with van der Waals surface area (Å²) in [7, 11) is -5.20. The van der Waals surface area contributed by atoms with Gasteiger partial charge in [-0.1, -0.05) is 18.2 Å². The lowest BCUT2D eigenvalue weighted by atomic mass is 10.3. The number of halogens is 1. The van der Waals surface area contributed by atoms with E-state index in [0.717, 1.165) is 10.4 Å². The van der Waals surface area contributed by atoms with Crippen LogP contribution in [0.1, 0.15) is 0 Å². The molecule has 0 aliphatic carbocycles. The molecule has 0 saturated carbocycles. The van der Waals surface area contributed by atoms with Gasteiger partial charge < -0.3 is 4.74 Å². The van der Waals surface area contributed by atoms with Crippen LogP contribution in [0.4, 0.5) is 15.8 Å². The number of hydrogen-bond acceptors (Lipinski definition) is 5. The average molecular weight is 451 g/mol. The van der Waals surface area contributed by atoms with Crippen LogP contribution in [0.15, 0.2) is 82.6 Å². The van der Waals surface area contributed by atoms with Crippen LogP contribution >= 0.6 is 0 Å². The molecule has 0 bridgehead atoms. The molecule has 3 aromatic rings. The summed E-state index contributed by atoms with van der Waals surface area (Å²) in [4.78, 5) is -0.298. The van der Waals surface area contributed by atoms with Crippen LogP contribution in [-0.4, -0.2) is 31.0 Å². The molecular weight excluding hydrogens is 431 g/mol. The van der Waals surface area contributed by atoms with E-state index in [4.69, 9.17) is 4.74 Å². The van der Waals surface area contributed by atoms with E-state index in [1.807, 2.05) is 0 Å². The minimum absolute atomic E-state index is 0.00714. The lowest BCUT2D eigenvalue weighted by molar-refractivity contribution is 0.385. The van der Waals surface area contributed by atoms with Gasteiger partial charge in [0.2, 0.25) is 0 Å². The van der Waals surface area contributed by atoms with Crippen LogP contribution in [-0.2, 0) is 20.0 Å². The monoisotopic (exact) mass is 450 g/mol. The Morgan fingerprint density at radius 2 is 1.47 bits per heavy atom. The highest BCUT2D eigenvalue weighted by Crippen LogP contribution is 2.25. The molecule has 7 nitrogen and oxygen atoms in total. The van der Waals surface area contributed by atoms with Gasteiger partial charge in [-0.2, -0.15) is 0 Å². The van der Waals surface area contributed by atoms with Gasteiger partial charge in [0, 0.05) is 12.7 Å². The molecule has 30 heavy (non-hydrogen) atoms. The van der Waals surface area contributed by atoms with Gasteiger partial charge in [0.15, 0.2) is 11.6 Å². The molecule has 0 unspecified atom stereocenters. The zero-order valence-corrected chi connectivity index (χ0v) is 17.7. The first-order chi connectivity index (χ1) is 14.1. The zero-order chi connectivity index (χ0) is 21.9. The third kappa shape index (κ3) is 4.39. The molecule has 0 aliphatic heterocycles. The largest absolute Gasteiger partial charge is 0.494 e. The topological polar surface area (TPSA) is 92.8 Å². The van der Waals surface area contributed by atoms with Crippen molar-refractivity contribution in [3.05, 3.63) is 78.6 Å². The summed E-state index contributed by atoms with van der Waals surface area (Å²) in [6.45, 7) is 0. The molecule has 0 fully saturated rings. The Hall–Kier alpha value is -3.11. The molecule has 1 N–H and O–H groups in total. The third-order valence-electron chi connectivity index (χ3n) is 4.32. The van der Waals surface area contributed by atoms with Crippen molar-refractivity contribution >= 4 is 31.4 Å². The Balaban J connectivity index is 1.82. The van der Waals surface area contributed by atoms with Crippen LogP contribution in [0, 0.1) is 5.82 Å². The molecule has 0 atom stereocenters. The van der Waals surface area contributed by atoms with Crippen LogP contribution in [0.2, 0.25) is 0 Å². The van der Waals surface area contributed by atoms with Crippen molar-refractivity contribution in [3.63, 3.8) is 0 Å². The molecule has 10 heteroatoms. The van der Waals surface area contributed by atoms with E-state index < -0.39 is 25.9 Å². The molecule has 0 aliphatic rings. The Labute approximate surface area is 174 Å². The van der Waals surface area contributed by atoms with Gasteiger partial charge in [0.25, 0.3) is 20.0 Å². The van der Waals surface area contributed by atoms with Crippen molar-refractivity contribution in [2.75, 3.05) is 23.2 Å². The van der Waals surface area contributed by atoms with Gasteiger partial charge in [0.1, 0.15) is 0 Å². The number of nitrogens with zero attached hydrogens (tertiary/aromatic N) is 1. The quantitative estimate of drug-likeness (QED) is 0.595. The summed E-state index contributed by atoms with van der Waals surface area (Å²) in [5.74, 6) is -0.892. The van der Waals surface area contributed by atoms with E-state index >= 15 is 0 Å². The number of rotatable bonds is 7. The average Bonchev–Trinajstić information content (AvgIpc) is 2.74. The molecule has 3 rings (SSSR count). The molecular formula is C20H19FN2O5S2. The molecule has 3 aromatic carbocycles. The maximum atomic E-state index is 13.8. The molecule has 0 amide bonds. The number of nitrogens with one attached hydrogen (secondary N) is 1. The molecule has 0 heterocycles. The second-order valence-electron chi connectivity index (χ2n) is 6.23. The van der Waals surface area contributed by atoms with Gasteiger partial charge in [-0.3, -0.25) is 9.03 Å². The highest BCUT2D eigenvalue weighted by atomic mass is 32.2. The van der Waals surface area contributed by atoms with Crippen molar-refractivity contribution < 1.29 is 26.0 Å². The van der Waals surface area contributed by atoms with Crippen molar-refractivity contribution in [1.82, 2.24) is 0 Å². The Kier molecular flexibility index (Phi) is 5.99. The maximum Gasteiger partial charge on any atom is 0.264 e. The smallest absolute Gasteiger partial charge is 0.264 e. The van der Waals surface area contributed by atoms with E-state index in [0.29, 0.717) is 5.69 Å². The first-order valence-electron chi connectivity index (χ1n) is 8.65. The first-order valence-corrected chi connectivity index (χ1v) is 11.6. The summed E-state index contributed by atoms with van der Waals surface area (Å²) < 4.78 is 72.6. The molecule has 0 saturated heterocycles. The van der Waals surface area contributed by atoms with Crippen molar-refractivity contribution in [2.45, 2.75) is 9.79 Å². The second-order valence-corrected chi connectivity index (χ2v) is 9.89. The predicted octanol–water partition coefficient (Wildman–Crippen LogP) is 3.46. The third-order valence-corrected chi connectivity index (χ3v) is 7.50. The highest BCUT2D eigenvalue weighted by molar-refractivity contribution is 7.93. The van der Waals surface area contributed by atoms with E-state index in [9.17, 15) is 21.2 Å². The molecule has 0 aromatic heterocycles. The molecule has 0 radical (unpaired) electrons. The Morgan fingerprint density at radius 3 is 2.03 bits per heavy atom. The molecule has 158 valence electrons. The fraction of sp³-hybridized carbons (Fsp3) is 0.100. The van der Waals surface area contributed by atoms with Crippen LogP contribution in [0.5, 0.6) is 5.75 Å². The Bertz CT molecular complexity index is 1250. The summed E-state index contributed by atoms with van der Waals surface area (Å²) in [5, 5.41) is 0. The minimum atomic E-state index is -4.07. The van der Waals surface area contributed by atoms with Crippen LogP contribution in [0.25, 0.3) is 0 Å². The number of sulfonamides is 2. The number of benzene rings is 3. The first kappa shape index (κ1) is 21.6. The minimum Gasteiger partial charge on any atom is -0.494 e. The van der Waals surface area contributed by atoms with Crippen LogP contribution in [0.3, 0.4) is 0 Å². The predicted molar refractivity (Wildman–Crippen MR) is 112 cm³/mol. The van der Waals surface area contributed by atoms with Gasteiger partial charge >= 0.3 is 0 Å². The van der Waals surface area contributed by atoms with E-state index in [1.54, 1.807) is 30.3 Å². The fourth-order valence-electron chi connectivity index (χ4n) is 2.66. The van der Waals surface area contributed by atoms with E-state index in [-0.39, 0.29) is 21.2 Å². The zero-order valence-electron chi connectivity index (χ0n) is 16.1. The maximum absolute atomic E-state index is 13.8. The lowest BCUT2D eigenvalue weighted by Crippen LogP contribution is -2.26. The Morgan fingerprint density at radius 1 is 0.867 bits per heavy atom. The summed E-state index contributed by atoms with van der Waals surface area (Å²) in [6.07, 6.45) is 0. The van der Waals surface area contributed by atoms with Crippen LogP contribution < -0.4 is 13.8 Å². The standard InChI is InChI=1S/C20H19FN2O5S2/c1-23(16-6-4-3-5-7-16)30(26,27)17-10-8-15(9-11-17)22-29(24,25)18-12-13-20(28-2)19(21)14-18/h3-14,22H,1-2H3. The summed E-state index contributed by atoms with van der Waals surface area (Å²) in [6, 6.07) is 17.0. The SMILES string of the molecule is COc1ccc(S(=O)(=O)Nc2ccc(S(=O)(=O)N(C)c3ccccc3)cc2)cc1F. The van der Waals surface area contributed by atoms with Crippen molar-refractivity contribution in [2.24, 2.45) is 0 Å². The van der Waals surface area contributed by atoms with Crippen molar-refractivity contribution in [3.8, 4) is 5.75 Å². The van der Waals surface area contributed by atoms with Gasteiger partial charge in [0.05, 0.1) is 22.6 Å². The highest BCUT2D eigenvalue weighted by Gasteiger charge is 2.22. The molecule has 0 spiro atoms. The van der Waals surface area contributed by atoms with E-state index in [1.165, 1.54) is 50.6 Å².